The third kappa shape index (κ3) is 4.15. The van der Waals surface area contributed by atoms with Crippen molar-refractivity contribution in [3.05, 3.63) is 48.0 Å². The molecule has 0 bridgehead atoms. The number of carbonyl (C=O) groups is 1. The molecule has 1 aromatic heterocycles. The summed E-state index contributed by atoms with van der Waals surface area (Å²) in [6.07, 6.45) is 1.91. The van der Waals surface area contributed by atoms with Crippen LogP contribution in [0.2, 0.25) is 0 Å². The van der Waals surface area contributed by atoms with Crippen molar-refractivity contribution in [2.75, 3.05) is 36.2 Å². The molecule has 1 aliphatic rings. The molecule has 1 amide bonds. The van der Waals surface area contributed by atoms with E-state index in [1.54, 1.807) is 7.11 Å². The van der Waals surface area contributed by atoms with Crippen LogP contribution in [0.5, 0.6) is 5.75 Å². The van der Waals surface area contributed by atoms with Gasteiger partial charge in [-0.25, -0.2) is 9.97 Å². The molecule has 150 valence electrons. The van der Waals surface area contributed by atoms with Crippen LogP contribution in [0, 0.1) is 0 Å². The maximum absolute atomic E-state index is 13.0. The molecule has 0 fully saturated rings. The Hall–Kier alpha value is -2.80. The first-order valence-corrected chi connectivity index (χ1v) is 10.8. The topological polar surface area (TPSA) is 67.4 Å². The SMILES string of the molecule is CCNc1nc(SCC(=O)N2CCCc3cc(OC)ccc32)nc2ccccc12. The number of aryl methyl sites for hydroxylation is 1. The molecule has 2 aromatic carbocycles. The lowest BCUT2D eigenvalue weighted by atomic mass is 10.0. The summed E-state index contributed by atoms with van der Waals surface area (Å²) in [6.45, 7) is 3.55. The Morgan fingerprint density at radius 3 is 2.93 bits per heavy atom. The van der Waals surface area contributed by atoms with Gasteiger partial charge in [-0.1, -0.05) is 23.9 Å². The highest BCUT2D eigenvalue weighted by atomic mass is 32.2. The number of amides is 1. The number of rotatable bonds is 6. The third-order valence-corrected chi connectivity index (χ3v) is 5.79. The molecule has 0 spiro atoms. The van der Waals surface area contributed by atoms with Gasteiger partial charge in [-0.3, -0.25) is 4.79 Å². The van der Waals surface area contributed by atoms with Crippen molar-refractivity contribution in [3.63, 3.8) is 0 Å². The lowest BCUT2D eigenvalue weighted by molar-refractivity contribution is -0.116. The number of nitrogens with zero attached hydrogens (tertiary/aromatic N) is 3. The molecule has 29 heavy (non-hydrogen) atoms. The zero-order valence-corrected chi connectivity index (χ0v) is 17.5. The first kappa shape index (κ1) is 19.5. The van der Waals surface area contributed by atoms with Crippen LogP contribution in [0.3, 0.4) is 0 Å². The van der Waals surface area contributed by atoms with E-state index in [1.807, 2.05) is 54.3 Å². The average Bonchev–Trinajstić information content (AvgIpc) is 2.76. The molecule has 7 heteroatoms. The summed E-state index contributed by atoms with van der Waals surface area (Å²) in [7, 11) is 1.66. The van der Waals surface area contributed by atoms with E-state index in [1.165, 1.54) is 11.8 Å². The molecule has 6 nitrogen and oxygen atoms in total. The fraction of sp³-hybridized carbons (Fsp3) is 0.318. The Kier molecular flexibility index (Phi) is 5.85. The molecule has 0 radical (unpaired) electrons. The van der Waals surface area contributed by atoms with Gasteiger partial charge in [0.05, 0.1) is 18.4 Å². The largest absolute Gasteiger partial charge is 0.497 e. The van der Waals surface area contributed by atoms with E-state index in [0.717, 1.165) is 59.7 Å². The smallest absolute Gasteiger partial charge is 0.237 e. The summed E-state index contributed by atoms with van der Waals surface area (Å²) in [5.41, 5.74) is 3.02. The van der Waals surface area contributed by atoms with Crippen LogP contribution in [0.4, 0.5) is 11.5 Å². The molecule has 0 saturated heterocycles. The van der Waals surface area contributed by atoms with Crippen molar-refractivity contribution in [2.45, 2.75) is 24.9 Å². The summed E-state index contributed by atoms with van der Waals surface area (Å²) in [4.78, 5) is 24.1. The summed E-state index contributed by atoms with van der Waals surface area (Å²) in [5, 5.41) is 4.89. The number of benzene rings is 2. The van der Waals surface area contributed by atoms with Crippen molar-refractivity contribution in [1.82, 2.24) is 9.97 Å². The Labute approximate surface area is 174 Å². The number of aromatic nitrogens is 2. The van der Waals surface area contributed by atoms with Crippen molar-refractivity contribution < 1.29 is 9.53 Å². The summed E-state index contributed by atoms with van der Waals surface area (Å²) in [6, 6.07) is 13.8. The van der Waals surface area contributed by atoms with Gasteiger partial charge >= 0.3 is 0 Å². The zero-order valence-electron chi connectivity index (χ0n) is 16.6. The predicted octanol–water partition coefficient (Wildman–Crippen LogP) is 4.14. The number of fused-ring (bicyclic) bond motifs is 2. The number of nitrogens with one attached hydrogen (secondary N) is 1. The van der Waals surface area contributed by atoms with Crippen LogP contribution in [0.25, 0.3) is 10.9 Å². The van der Waals surface area contributed by atoms with Gasteiger partial charge in [0, 0.05) is 24.2 Å². The van der Waals surface area contributed by atoms with Gasteiger partial charge in [0.25, 0.3) is 0 Å². The number of methoxy groups -OCH3 is 1. The van der Waals surface area contributed by atoms with Crippen molar-refractivity contribution >= 4 is 40.1 Å². The minimum atomic E-state index is 0.0721. The molecular formula is C22H24N4O2S. The van der Waals surface area contributed by atoms with E-state index in [4.69, 9.17) is 4.74 Å². The zero-order chi connectivity index (χ0) is 20.2. The Morgan fingerprint density at radius 2 is 2.10 bits per heavy atom. The molecule has 0 unspecified atom stereocenters. The number of thioether (sulfide) groups is 1. The highest BCUT2D eigenvalue weighted by molar-refractivity contribution is 7.99. The Morgan fingerprint density at radius 1 is 1.24 bits per heavy atom. The molecule has 3 aromatic rings. The number of hydrogen-bond acceptors (Lipinski definition) is 6. The predicted molar refractivity (Wildman–Crippen MR) is 118 cm³/mol. The minimum absolute atomic E-state index is 0.0721. The van der Waals surface area contributed by atoms with Gasteiger partial charge in [-0.2, -0.15) is 0 Å². The third-order valence-electron chi connectivity index (χ3n) is 4.96. The van der Waals surface area contributed by atoms with Crippen LogP contribution in [-0.4, -0.2) is 41.8 Å². The number of carbonyl (C=O) groups excluding carboxylic acids is 1. The lowest BCUT2D eigenvalue weighted by Crippen LogP contribution is -2.36. The number of para-hydroxylation sites is 1. The van der Waals surface area contributed by atoms with Gasteiger partial charge in [0.15, 0.2) is 5.16 Å². The minimum Gasteiger partial charge on any atom is -0.497 e. The van der Waals surface area contributed by atoms with Crippen LogP contribution < -0.4 is 15.0 Å². The fourth-order valence-corrected chi connectivity index (χ4v) is 4.31. The molecule has 0 saturated carbocycles. The monoisotopic (exact) mass is 408 g/mol. The van der Waals surface area contributed by atoms with E-state index >= 15 is 0 Å². The summed E-state index contributed by atoms with van der Waals surface area (Å²) < 4.78 is 5.32. The fourth-order valence-electron chi connectivity index (χ4n) is 3.59. The second-order valence-corrected chi connectivity index (χ2v) is 7.78. The van der Waals surface area contributed by atoms with Crippen molar-refractivity contribution in [2.24, 2.45) is 0 Å². The van der Waals surface area contributed by atoms with E-state index in [-0.39, 0.29) is 5.91 Å². The van der Waals surface area contributed by atoms with E-state index in [2.05, 4.69) is 15.3 Å². The number of anilines is 2. The molecule has 2 heterocycles. The first-order valence-electron chi connectivity index (χ1n) is 9.80. The van der Waals surface area contributed by atoms with E-state index in [0.29, 0.717) is 10.9 Å². The van der Waals surface area contributed by atoms with E-state index < -0.39 is 0 Å². The second-order valence-electron chi connectivity index (χ2n) is 6.83. The molecular weight excluding hydrogens is 384 g/mol. The summed E-state index contributed by atoms with van der Waals surface area (Å²) in [5.74, 6) is 2.01. The maximum Gasteiger partial charge on any atom is 0.237 e. The van der Waals surface area contributed by atoms with Crippen molar-refractivity contribution in [3.8, 4) is 5.75 Å². The molecule has 1 aliphatic heterocycles. The quantitative estimate of drug-likeness (QED) is 0.488. The first-order chi connectivity index (χ1) is 14.2. The standard InChI is InChI=1S/C22H24N4O2S/c1-3-23-21-17-8-4-5-9-18(17)24-22(25-21)29-14-20(27)26-12-6-7-15-13-16(28-2)10-11-19(15)26/h4-5,8-11,13H,3,6-7,12,14H2,1-2H3,(H,23,24,25). The molecule has 0 aliphatic carbocycles. The van der Waals surface area contributed by atoms with Crippen LogP contribution >= 0.6 is 11.8 Å². The van der Waals surface area contributed by atoms with Crippen LogP contribution in [-0.2, 0) is 11.2 Å². The van der Waals surface area contributed by atoms with Gasteiger partial charge in [-0.05, 0) is 55.7 Å². The van der Waals surface area contributed by atoms with E-state index in [9.17, 15) is 4.79 Å². The molecule has 4 rings (SSSR count). The van der Waals surface area contributed by atoms with Gasteiger partial charge < -0.3 is 15.0 Å². The highest BCUT2D eigenvalue weighted by Crippen LogP contribution is 2.31. The second kappa shape index (κ2) is 8.69. The molecule has 0 atom stereocenters. The van der Waals surface area contributed by atoms with Gasteiger partial charge in [-0.15, -0.1) is 0 Å². The Balaban J connectivity index is 1.52. The maximum atomic E-state index is 13.0. The Bertz CT molecular complexity index is 1040. The normalized spacial score (nSPS) is 13.2. The van der Waals surface area contributed by atoms with Crippen molar-refractivity contribution in [1.29, 1.82) is 0 Å². The van der Waals surface area contributed by atoms with Crippen LogP contribution in [0.15, 0.2) is 47.6 Å². The molecule has 1 N–H and O–H groups in total. The summed E-state index contributed by atoms with van der Waals surface area (Å²) >= 11 is 1.38. The van der Waals surface area contributed by atoms with Crippen LogP contribution in [0.1, 0.15) is 18.9 Å². The lowest BCUT2D eigenvalue weighted by Gasteiger charge is -2.29. The van der Waals surface area contributed by atoms with Gasteiger partial charge in [0.2, 0.25) is 5.91 Å². The highest BCUT2D eigenvalue weighted by Gasteiger charge is 2.23. The number of hydrogen-bond donors (Lipinski definition) is 1. The van der Waals surface area contributed by atoms with Gasteiger partial charge in [0.1, 0.15) is 11.6 Å². The number of ether oxygens (including phenoxy) is 1. The average molecular weight is 409 g/mol.